The Bertz CT molecular complexity index is 2150. The minimum atomic E-state index is -4.76. The van der Waals surface area contributed by atoms with Crippen molar-refractivity contribution in [2.75, 3.05) is 18.9 Å². The predicted molar refractivity (Wildman–Crippen MR) is 230 cm³/mol. The molecule has 2 aliphatic rings. The van der Waals surface area contributed by atoms with E-state index in [9.17, 15) is 27.9 Å². The van der Waals surface area contributed by atoms with Crippen LogP contribution in [0.4, 0.5) is 19.0 Å². The number of nitrogens with two attached hydrogens (primary N) is 1. The third-order valence-corrected chi connectivity index (χ3v) is 12.6. The average Bonchev–Trinajstić information content (AvgIpc) is 3.91. The molecule has 1 aromatic carbocycles. The van der Waals surface area contributed by atoms with Gasteiger partial charge in [-0.25, -0.2) is 14.1 Å². The van der Waals surface area contributed by atoms with Crippen molar-refractivity contribution in [3.8, 4) is 6.07 Å². The highest BCUT2D eigenvalue weighted by molar-refractivity contribution is 7.47. The van der Waals surface area contributed by atoms with Gasteiger partial charge in [0.25, 0.3) is 0 Å². The van der Waals surface area contributed by atoms with Crippen LogP contribution in [0.15, 0.2) is 54.9 Å². The van der Waals surface area contributed by atoms with Crippen molar-refractivity contribution in [1.82, 2.24) is 19.6 Å². The second-order valence-corrected chi connectivity index (χ2v) is 18.6. The molecule has 0 spiro atoms. The Morgan fingerprint density at radius 1 is 0.889 bits per heavy atom. The molecule has 2 fully saturated rings. The van der Waals surface area contributed by atoms with Crippen LogP contribution >= 0.6 is 7.82 Å². The zero-order chi connectivity index (χ0) is 44.9. The van der Waals surface area contributed by atoms with Crippen LogP contribution in [0.5, 0.6) is 0 Å². The van der Waals surface area contributed by atoms with Crippen LogP contribution in [-0.2, 0) is 39.2 Å². The first kappa shape index (κ1) is 48.7. The molecule has 0 saturated carbocycles. The van der Waals surface area contributed by atoms with Crippen LogP contribution in [0.2, 0.25) is 0 Å². The summed E-state index contributed by atoms with van der Waals surface area (Å²) in [5, 5.41) is 15.9. The van der Waals surface area contributed by atoms with Crippen LogP contribution in [0, 0.1) is 11.3 Å². The number of nitriles is 1. The summed E-state index contributed by atoms with van der Waals surface area (Å²) in [6, 6.07) is 17.3. The van der Waals surface area contributed by atoms with Gasteiger partial charge in [-0.1, -0.05) is 114 Å². The van der Waals surface area contributed by atoms with Gasteiger partial charge in [0.05, 0.1) is 36.2 Å². The van der Waals surface area contributed by atoms with E-state index >= 15 is 0 Å². The smallest absolute Gasteiger partial charge is 0.382 e. The summed E-state index contributed by atoms with van der Waals surface area (Å²) in [5.41, 5.74) is 6.82. The van der Waals surface area contributed by atoms with Crippen LogP contribution < -0.4 is 5.73 Å². The molecule has 2 saturated heterocycles. The lowest BCUT2D eigenvalue weighted by atomic mass is 9.96. The van der Waals surface area contributed by atoms with E-state index < -0.39 is 62.8 Å². The minimum absolute atomic E-state index is 0.172. The van der Waals surface area contributed by atoms with E-state index in [2.05, 4.69) is 16.2 Å². The van der Waals surface area contributed by atoms with Crippen molar-refractivity contribution < 1.29 is 50.6 Å². The second-order valence-electron chi connectivity index (χ2n) is 17.2. The highest BCUT2D eigenvalue weighted by Crippen LogP contribution is 2.52. The lowest BCUT2D eigenvalue weighted by Gasteiger charge is -2.29. The molecule has 4 aromatic rings. The lowest BCUT2D eigenvalue weighted by molar-refractivity contribution is -0.204. The highest BCUT2D eigenvalue weighted by atomic mass is 31.2. The topological polar surface area (TPSA) is 186 Å². The minimum Gasteiger partial charge on any atom is -0.382 e. The number of anilines is 1. The lowest BCUT2D eigenvalue weighted by Crippen LogP contribution is -2.45. The number of phosphoric acid groups is 1. The number of ether oxygens (including phenoxy) is 4. The van der Waals surface area contributed by atoms with Crippen molar-refractivity contribution >= 4 is 30.1 Å². The molecule has 63 heavy (non-hydrogen) atoms. The van der Waals surface area contributed by atoms with Gasteiger partial charge in [-0.05, 0) is 51.0 Å². The van der Waals surface area contributed by atoms with Gasteiger partial charge < -0.3 is 29.6 Å². The molecular weight excluding hydrogens is 840 g/mol. The van der Waals surface area contributed by atoms with E-state index in [0.717, 1.165) is 68.7 Å². The first-order valence-corrected chi connectivity index (χ1v) is 23.8. The Labute approximate surface area is 367 Å². The number of hydrogen-bond donors (Lipinski definition) is 2. The van der Waals surface area contributed by atoms with Gasteiger partial charge in [0, 0.05) is 11.8 Å². The highest BCUT2D eigenvalue weighted by Gasteiger charge is 2.65. The average molecular weight is 903 g/mol. The normalized spacial score (nSPS) is 22.3. The van der Waals surface area contributed by atoms with Crippen LogP contribution in [0.3, 0.4) is 0 Å². The number of hydrogen-bond acceptors (Lipinski definition) is 12. The second kappa shape index (κ2) is 22.5. The number of pyridine rings is 1. The Morgan fingerprint density at radius 3 is 2.21 bits per heavy atom. The molecule has 18 heteroatoms. The standard InChI is InChI=1S/C45H62F3N6O8P/c1-43(2)60-40-39(37-25-26-38-42(50)51-32-52-54(37)38)61-44(30-49,41(40)62-43)31-59-63(55,56)58-29-35(57-28-34-24-23-33-20-17-18-22-36(33)53-34)21-16-14-12-10-8-6-4-3-5-7-9-11-13-15-19-27-45(46,47)48/h17-18,20,22-26,32,35,39-41H,3-16,19,21,27-29,31H2,1-2H3,(H,55,56)(H2,50,51,52)/t35-,39-,40-,41-,44+/m0/s1. The van der Waals surface area contributed by atoms with E-state index in [-0.39, 0.29) is 25.5 Å². The molecule has 1 unspecified atom stereocenters. The van der Waals surface area contributed by atoms with Gasteiger partial charge in [-0.2, -0.15) is 23.5 Å². The Balaban J connectivity index is 0.960. The van der Waals surface area contributed by atoms with Crippen molar-refractivity contribution in [2.24, 2.45) is 0 Å². The summed E-state index contributed by atoms with van der Waals surface area (Å²) in [5.74, 6) is -0.841. The number of halogens is 3. The first-order chi connectivity index (χ1) is 30.2. The van der Waals surface area contributed by atoms with Gasteiger partial charge in [0.15, 0.2) is 11.6 Å². The molecule has 6 atom stereocenters. The van der Waals surface area contributed by atoms with Gasteiger partial charge in [0.2, 0.25) is 5.60 Å². The van der Waals surface area contributed by atoms with Gasteiger partial charge >= 0.3 is 14.0 Å². The number of nitrogens with zero attached hydrogens (tertiary/aromatic N) is 5. The molecule has 3 N–H and O–H groups in total. The summed E-state index contributed by atoms with van der Waals surface area (Å²) in [6.45, 7) is 2.70. The van der Waals surface area contributed by atoms with E-state index in [1.165, 1.54) is 32.0 Å². The maximum absolute atomic E-state index is 13.5. The van der Waals surface area contributed by atoms with E-state index in [0.29, 0.717) is 29.7 Å². The number of fused-ring (bicyclic) bond motifs is 3. The molecule has 346 valence electrons. The third-order valence-electron chi connectivity index (χ3n) is 11.7. The fourth-order valence-corrected chi connectivity index (χ4v) is 9.17. The van der Waals surface area contributed by atoms with Crippen molar-refractivity contribution in [1.29, 1.82) is 5.26 Å². The summed E-state index contributed by atoms with van der Waals surface area (Å²) in [4.78, 5) is 19.7. The molecule has 6 rings (SSSR count). The molecule has 14 nitrogen and oxygen atoms in total. The fourth-order valence-electron chi connectivity index (χ4n) is 8.38. The molecule has 5 heterocycles. The summed E-state index contributed by atoms with van der Waals surface area (Å²) >= 11 is 0. The van der Waals surface area contributed by atoms with Gasteiger partial charge in [0.1, 0.15) is 42.8 Å². The number of phosphoric ester groups is 1. The Kier molecular flexibility index (Phi) is 17.4. The van der Waals surface area contributed by atoms with E-state index in [4.69, 9.17) is 38.7 Å². The molecule has 0 aliphatic carbocycles. The number of aromatic nitrogens is 4. The molecule has 0 bridgehead atoms. The van der Waals surface area contributed by atoms with Gasteiger partial charge in [-0.3, -0.25) is 14.0 Å². The molecular formula is C45H62F3N6O8P. The Morgan fingerprint density at radius 2 is 1.54 bits per heavy atom. The van der Waals surface area contributed by atoms with Gasteiger partial charge in [-0.15, -0.1) is 0 Å². The number of para-hydroxylation sites is 1. The fraction of sp³-hybridized carbons (Fsp3) is 0.644. The van der Waals surface area contributed by atoms with Crippen molar-refractivity contribution in [2.45, 2.75) is 172 Å². The summed E-state index contributed by atoms with van der Waals surface area (Å²) in [7, 11) is -4.76. The Hall–Kier alpha value is -3.72. The summed E-state index contributed by atoms with van der Waals surface area (Å²) < 4.78 is 87.8. The quantitative estimate of drug-likeness (QED) is 0.0426. The van der Waals surface area contributed by atoms with Crippen LogP contribution in [0.25, 0.3) is 16.4 Å². The van der Waals surface area contributed by atoms with Crippen molar-refractivity contribution in [3.05, 3.63) is 66.2 Å². The number of unbranched alkanes of at least 4 members (excludes halogenated alkanes) is 14. The summed E-state index contributed by atoms with van der Waals surface area (Å²) in [6.07, 6.45) is 8.77. The largest absolute Gasteiger partial charge is 0.472 e. The molecule has 3 aromatic heterocycles. The van der Waals surface area contributed by atoms with E-state index in [1.54, 1.807) is 30.5 Å². The number of alkyl halides is 3. The zero-order valence-corrected chi connectivity index (χ0v) is 37.2. The van der Waals surface area contributed by atoms with E-state index in [1.807, 2.05) is 36.4 Å². The predicted octanol–water partition coefficient (Wildman–Crippen LogP) is 10.6. The van der Waals surface area contributed by atoms with Crippen molar-refractivity contribution in [3.63, 3.8) is 0 Å². The molecule has 0 amide bonds. The third kappa shape index (κ3) is 14.1. The number of nitrogen functional groups attached to an aromatic ring is 1. The zero-order valence-electron chi connectivity index (χ0n) is 36.3. The number of benzene rings is 1. The SMILES string of the molecule is CC1(C)O[C@H]2[C@H](c3ccc4c(N)ncnn34)O[C@](C#N)(COP(=O)(O)OC[C@H](CCCCCCCCCCCCCCCCCC(F)(F)F)OCc3ccc4ccccc4n3)[C@H]2O1. The molecule has 0 radical (unpaired) electrons. The molecule has 2 aliphatic heterocycles. The first-order valence-electron chi connectivity index (χ1n) is 22.4. The maximum atomic E-state index is 13.5. The van der Waals surface area contributed by atoms with Crippen LogP contribution in [0.1, 0.15) is 140 Å². The monoisotopic (exact) mass is 902 g/mol. The maximum Gasteiger partial charge on any atom is 0.472 e. The van der Waals surface area contributed by atoms with Crippen LogP contribution in [-0.4, -0.2) is 73.6 Å². The number of rotatable bonds is 27.